The molecule has 0 radical (unpaired) electrons. The predicted octanol–water partition coefficient (Wildman–Crippen LogP) is 4.05. The number of carboxylic acids is 1. The van der Waals surface area contributed by atoms with E-state index in [1.807, 2.05) is 4.90 Å². The van der Waals surface area contributed by atoms with Crippen LogP contribution in [0.2, 0.25) is 10.0 Å². The minimum atomic E-state index is -1.03. The number of hydrogen-bond acceptors (Lipinski definition) is 5. The maximum absolute atomic E-state index is 11.7. The van der Waals surface area contributed by atoms with Crippen LogP contribution in [0.5, 0.6) is 0 Å². The van der Waals surface area contributed by atoms with E-state index >= 15 is 0 Å². The Bertz CT molecular complexity index is 854. The lowest BCUT2D eigenvalue weighted by Gasteiger charge is -2.27. The summed E-state index contributed by atoms with van der Waals surface area (Å²) in [6.45, 7) is 2.40. The predicted molar refractivity (Wildman–Crippen MR) is 98.3 cm³/mol. The van der Waals surface area contributed by atoms with E-state index in [4.69, 9.17) is 27.9 Å². The third-order valence-electron chi connectivity index (χ3n) is 3.96. The first kappa shape index (κ1) is 18.0. The van der Waals surface area contributed by atoms with Crippen LogP contribution in [0.1, 0.15) is 26.4 Å². The molecule has 1 aromatic heterocycles. The Labute approximate surface area is 159 Å². The number of hydrogen-bond donors (Lipinski definition) is 1. The van der Waals surface area contributed by atoms with E-state index in [0.717, 1.165) is 16.9 Å². The molecule has 1 aromatic carbocycles. The minimum absolute atomic E-state index is 0.184. The summed E-state index contributed by atoms with van der Waals surface area (Å²) in [4.78, 5) is 13.9. The quantitative estimate of drug-likeness (QED) is 0.843. The molecule has 0 bridgehead atoms. The van der Waals surface area contributed by atoms with Gasteiger partial charge in [-0.15, -0.1) is 11.3 Å². The Hall–Kier alpha value is -1.78. The molecule has 0 unspecified atom stereocenters. The van der Waals surface area contributed by atoms with Crippen molar-refractivity contribution in [3.8, 4) is 6.07 Å². The van der Waals surface area contributed by atoms with E-state index in [2.05, 4.69) is 6.07 Å². The molecule has 5 nitrogen and oxygen atoms in total. The largest absolute Gasteiger partial charge is 0.477 e. The summed E-state index contributed by atoms with van der Waals surface area (Å²) >= 11 is 13.1. The van der Waals surface area contributed by atoms with Crippen molar-refractivity contribution in [2.75, 3.05) is 31.2 Å². The average Bonchev–Trinajstić information content (AvgIpc) is 2.97. The number of thiophene rings is 1. The maximum atomic E-state index is 11.7. The molecule has 0 aliphatic carbocycles. The van der Waals surface area contributed by atoms with Crippen molar-refractivity contribution in [1.29, 1.82) is 5.26 Å². The number of carbonyl (C=O) groups is 1. The molecule has 25 heavy (non-hydrogen) atoms. The van der Waals surface area contributed by atoms with Gasteiger partial charge in [0, 0.05) is 25.1 Å². The maximum Gasteiger partial charge on any atom is 0.346 e. The molecule has 0 atom stereocenters. The van der Waals surface area contributed by atoms with E-state index < -0.39 is 5.97 Å². The molecule has 2 aromatic rings. The summed E-state index contributed by atoms with van der Waals surface area (Å²) in [5, 5.41) is 20.8. The Morgan fingerprint density at radius 1 is 1.32 bits per heavy atom. The molecule has 8 heteroatoms. The van der Waals surface area contributed by atoms with Gasteiger partial charge in [0.2, 0.25) is 0 Å². The van der Waals surface area contributed by atoms with Gasteiger partial charge < -0.3 is 14.7 Å². The van der Waals surface area contributed by atoms with Gasteiger partial charge in [0.1, 0.15) is 15.9 Å². The first-order valence-corrected chi connectivity index (χ1v) is 9.14. The minimum Gasteiger partial charge on any atom is -0.477 e. The lowest BCUT2D eigenvalue weighted by Crippen LogP contribution is -2.36. The number of aromatic carboxylic acids is 1. The summed E-state index contributed by atoms with van der Waals surface area (Å²) in [6, 6.07) is 7.34. The second-order valence-electron chi connectivity index (χ2n) is 5.53. The molecule has 0 spiro atoms. The molecule has 3 rings (SSSR count). The van der Waals surface area contributed by atoms with Gasteiger partial charge in [0.15, 0.2) is 0 Å². The highest BCUT2D eigenvalue weighted by atomic mass is 35.5. The lowest BCUT2D eigenvalue weighted by atomic mass is 10.0. The number of rotatable bonds is 4. The van der Waals surface area contributed by atoms with Crippen LogP contribution < -0.4 is 4.90 Å². The van der Waals surface area contributed by atoms with E-state index in [9.17, 15) is 15.2 Å². The smallest absolute Gasteiger partial charge is 0.346 e. The third kappa shape index (κ3) is 3.75. The van der Waals surface area contributed by atoms with Crippen molar-refractivity contribution in [1.82, 2.24) is 0 Å². The average molecular weight is 397 g/mol. The molecule has 0 amide bonds. The zero-order valence-electron chi connectivity index (χ0n) is 13.1. The van der Waals surface area contributed by atoms with Crippen LogP contribution in [0.4, 0.5) is 5.00 Å². The van der Waals surface area contributed by atoms with Crippen LogP contribution >= 0.6 is 34.5 Å². The van der Waals surface area contributed by atoms with Crippen molar-refractivity contribution in [2.45, 2.75) is 6.42 Å². The van der Waals surface area contributed by atoms with Crippen molar-refractivity contribution >= 4 is 45.5 Å². The number of ether oxygens (including phenoxy) is 1. The molecule has 1 fully saturated rings. The Kier molecular flexibility index (Phi) is 5.50. The molecule has 1 aliphatic rings. The number of benzene rings is 1. The molecular weight excluding hydrogens is 383 g/mol. The highest BCUT2D eigenvalue weighted by Gasteiger charge is 2.26. The van der Waals surface area contributed by atoms with Crippen LogP contribution in [0.25, 0.3) is 0 Å². The van der Waals surface area contributed by atoms with Crippen molar-refractivity contribution in [3.05, 3.63) is 49.8 Å². The molecule has 130 valence electrons. The number of morpholine rings is 1. The summed E-state index contributed by atoms with van der Waals surface area (Å²) in [5.41, 5.74) is 1.73. The first-order chi connectivity index (χ1) is 12.0. The molecule has 1 aliphatic heterocycles. The zero-order chi connectivity index (χ0) is 18.0. The number of carboxylic acid groups (broad SMARTS) is 1. The second-order valence-corrected chi connectivity index (χ2v) is 7.34. The lowest BCUT2D eigenvalue weighted by molar-refractivity contribution is 0.0701. The van der Waals surface area contributed by atoms with Crippen molar-refractivity contribution < 1.29 is 14.6 Å². The van der Waals surface area contributed by atoms with Gasteiger partial charge in [-0.05, 0) is 17.7 Å². The van der Waals surface area contributed by atoms with Gasteiger partial charge in [-0.25, -0.2) is 4.79 Å². The normalized spacial score (nSPS) is 14.4. The topological polar surface area (TPSA) is 73.6 Å². The first-order valence-electron chi connectivity index (χ1n) is 7.57. The van der Waals surface area contributed by atoms with Crippen LogP contribution in [0, 0.1) is 11.3 Å². The van der Waals surface area contributed by atoms with E-state index in [1.165, 1.54) is 0 Å². The third-order valence-corrected chi connectivity index (χ3v) is 5.98. The van der Waals surface area contributed by atoms with Crippen molar-refractivity contribution in [3.63, 3.8) is 0 Å². The van der Waals surface area contributed by atoms with Crippen molar-refractivity contribution in [2.24, 2.45) is 0 Å². The Morgan fingerprint density at radius 3 is 2.64 bits per heavy atom. The number of nitriles is 1. The Morgan fingerprint density at radius 2 is 2.04 bits per heavy atom. The highest BCUT2D eigenvalue weighted by molar-refractivity contribution is 7.18. The van der Waals surface area contributed by atoms with E-state index in [1.54, 1.807) is 18.2 Å². The van der Waals surface area contributed by atoms with Gasteiger partial charge in [-0.2, -0.15) is 5.26 Å². The second kappa shape index (κ2) is 7.63. The van der Waals surface area contributed by atoms with Gasteiger partial charge in [0.25, 0.3) is 0 Å². The van der Waals surface area contributed by atoms with E-state index in [0.29, 0.717) is 58.9 Å². The monoisotopic (exact) mass is 396 g/mol. The fourth-order valence-electron chi connectivity index (χ4n) is 2.75. The number of nitrogens with zero attached hydrogens (tertiary/aromatic N) is 2. The Balaban J connectivity index is 2.04. The van der Waals surface area contributed by atoms with Crippen LogP contribution in [-0.4, -0.2) is 37.4 Å². The molecule has 1 N–H and O–H groups in total. The van der Waals surface area contributed by atoms with Gasteiger partial charge >= 0.3 is 5.97 Å². The van der Waals surface area contributed by atoms with Gasteiger partial charge in [0.05, 0.1) is 28.8 Å². The molecule has 0 saturated carbocycles. The SMILES string of the molecule is N#Cc1c(N2CCOCC2)sc(C(=O)O)c1Cc1ccc(Cl)c(Cl)c1. The van der Waals surface area contributed by atoms with Gasteiger partial charge in [-0.1, -0.05) is 29.3 Å². The zero-order valence-corrected chi connectivity index (χ0v) is 15.4. The summed E-state index contributed by atoms with van der Waals surface area (Å²) in [7, 11) is 0. The fourth-order valence-corrected chi connectivity index (χ4v) is 4.23. The standard InChI is InChI=1S/C17H14Cl2N2O3S/c18-13-2-1-10(8-14(13)19)7-11-12(9-20)16(25-15(11)17(22)23)21-3-5-24-6-4-21/h1-2,8H,3-7H2,(H,22,23). The van der Waals surface area contributed by atoms with E-state index in [-0.39, 0.29) is 4.88 Å². The fraction of sp³-hybridized carbons (Fsp3) is 0.294. The van der Waals surface area contributed by atoms with Crippen LogP contribution in [0.3, 0.4) is 0 Å². The molecule has 1 saturated heterocycles. The number of halogens is 2. The summed E-state index contributed by atoms with van der Waals surface area (Å²) < 4.78 is 5.34. The summed E-state index contributed by atoms with van der Waals surface area (Å²) in [6.07, 6.45) is 0.308. The number of anilines is 1. The van der Waals surface area contributed by atoms with Crippen LogP contribution in [0.15, 0.2) is 18.2 Å². The van der Waals surface area contributed by atoms with Gasteiger partial charge in [-0.3, -0.25) is 0 Å². The summed E-state index contributed by atoms with van der Waals surface area (Å²) in [5.74, 6) is -1.03. The molecule has 2 heterocycles. The molecular formula is C17H14Cl2N2O3S. The highest BCUT2D eigenvalue weighted by Crippen LogP contribution is 2.38. The van der Waals surface area contributed by atoms with Crippen LogP contribution in [-0.2, 0) is 11.2 Å².